The molecule has 1 unspecified atom stereocenters. The van der Waals surface area contributed by atoms with Gasteiger partial charge in [0.1, 0.15) is 12.2 Å². The van der Waals surface area contributed by atoms with Crippen LogP contribution in [0, 0.1) is 0 Å². The molecule has 30 heavy (non-hydrogen) atoms. The van der Waals surface area contributed by atoms with Gasteiger partial charge in [0.2, 0.25) is 11.8 Å². The van der Waals surface area contributed by atoms with Gasteiger partial charge in [0.05, 0.1) is 11.8 Å². The van der Waals surface area contributed by atoms with Crippen LogP contribution in [0.25, 0.3) is 0 Å². The Balaban J connectivity index is 1.26. The molecule has 1 aromatic heterocycles. The van der Waals surface area contributed by atoms with Gasteiger partial charge < -0.3 is 14.4 Å². The van der Waals surface area contributed by atoms with Gasteiger partial charge in [-0.25, -0.2) is 10.4 Å². The van der Waals surface area contributed by atoms with Crippen molar-refractivity contribution in [1.82, 2.24) is 15.3 Å². The summed E-state index contributed by atoms with van der Waals surface area (Å²) in [6.45, 7) is 2.62. The normalized spacial score (nSPS) is 20.6. The number of pyridine rings is 1. The zero-order valence-electron chi connectivity index (χ0n) is 16.5. The fraction of sp³-hybridized carbons (Fsp3) is 0.364. The molecule has 7 nitrogen and oxygen atoms in total. The summed E-state index contributed by atoms with van der Waals surface area (Å²) in [4.78, 5) is 19.1. The maximum absolute atomic E-state index is 13.8. The van der Waals surface area contributed by atoms with E-state index in [1.807, 2.05) is 30.3 Å². The number of hydrazine groups is 1. The second kappa shape index (κ2) is 8.04. The minimum Gasteiger partial charge on any atom is -0.474 e. The molecule has 1 N–H and O–H groups in total. The van der Waals surface area contributed by atoms with Gasteiger partial charge in [0, 0.05) is 32.4 Å². The standard InChI is InChI=1S/C22H23FN4O3/c23-19-8-10-25-27(19)17-5-3-15(4-6-17)12-26-13-16-7-9-24-21(20(16)22(26)28)30-14-18-2-1-11-29-18/h3-9,18,25H,1-2,10-14H2. The first-order valence-electron chi connectivity index (χ1n) is 10.2. The highest BCUT2D eigenvalue weighted by Crippen LogP contribution is 2.31. The van der Waals surface area contributed by atoms with Crippen LogP contribution in [0.1, 0.15) is 34.3 Å². The van der Waals surface area contributed by atoms with Crippen LogP contribution in [-0.2, 0) is 17.8 Å². The van der Waals surface area contributed by atoms with Crippen molar-refractivity contribution in [3.05, 3.63) is 65.2 Å². The predicted molar refractivity (Wildman–Crippen MR) is 108 cm³/mol. The third-order valence-electron chi connectivity index (χ3n) is 5.60. The number of nitrogens with one attached hydrogen (secondary N) is 1. The molecular formula is C22H23FN4O3. The molecule has 3 aliphatic rings. The fourth-order valence-corrected chi connectivity index (χ4v) is 4.03. The van der Waals surface area contributed by atoms with E-state index >= 15 is 0 Å². The maximum Gasteiger partial charge on any atom is 0.260 e. The number of carbonyl (C=O) groups is 1. The predicted octanol–water partition coefficient (Wildman–Crippen LogP) is 2.93. The van der Waals surface area contributed by atoms with E-state index in [4.69, 9.17) is 9.47 Å². The van der Waals surface area contributed by atoms with Crippen molar-refractivity contribution in [2.45, 2.75) is 32.0 Å². The topological polar surface area (TPSA) is 66.9 Å². The number of hydrogen-bond acceptors (Lipinski definition) is 6. The first kappa shape index (κ1) is 19.0. The summed E-state index contributed by atoms with van der Waals surface area (Å²) in [7, 11) is 0. The van der Waals surface area contributed by atoms with Gasteiger partial charge >= 0.3 is 0 Å². The van der Waals surface area contributed by atoms with Gasteiger partial charge in [0.25, 0.3) is 5.91 Å². The second-order valence-electron chi connectivity index (χ2n) is 7.65. The zero-order valence-corrected chi connectivity index (χ0v) is 16.5. The van der Waals surface area contributed by atoms with Crippen molar-refractivity contribution in [3.8, 4) is 5.88 Å². The molecule has 4 heterocycles. The summed E-state index contributed by atoms with van der Waals surface area (Å²) < 4.78 is 25.2. The molecule has 1 saturated heterocycles. The van der Waals surface area contributed by atoms with Crippen LogP contribution in [0.5, 0.6) is 5.88 Å². The van der Waals surface area contributed by atoms with E-state index in [0.717, 1.165) is 36.3 Å². The van der Waals surface area contributed by atoms with Crippen molar-refractivity contribution >= 4 is 11.6 Å². The minimum atomic E-state index is -0.309. The van der Waals surface area contributed by atoms with Crippen molar-refractivity contribution in [2.24, 2.45) is 0 Å². The molecule has 5 rings (SSSR count). The third kappa shape index (κ3) is 3.64. The van der Waals surface area contributed by atoms with E-state index < -0.39 is 0 Å². The lowest BCUT2D eigenvalue weighted by Gasteiger charge is -2.19. The van der Waals surface area contributed by atoms with Crippen molar-refractivity contribution < 1.29 is 18.7 Å². The van der Waals surface area contributed by atoms with E-state index in [2.05, 4.69) is 10.4 Å². The van der Waals surface area contributed by atoms with Crippen LogP contribution in [0.2, 0.25) is 0 Å². The van der Waals surface area contributed by atoms with Gasteiger partial charge in [-0.2, -0.15) is 4.39 Å². The monoisotopic (exact) mass is 410 g/mol. The van der Waals surface area contributed by atoms with Gasteiger partial charge in [-0.1, -0.05) is 12.1 Å². The van der Waals surface area contributed by atoms with E-state index in [1.165, 1.54) is 11.1 Å². The summed E-state index contributed by atoms with van der Waals surface area (Å²) in [5.74, 6) is -0.0103. The van der Waals surface area contributed by atoms with Crippen LogP contribution >= 0.6 is 0 Å². The number of aromatic nitrogens is 1. The Labute approximate surface area is 174 Å². The summed E-state index contributed by atoms with van der Waals surface area (Å²) in [5, 5.41) is 1.41. The average molecular weight is 410 g/mol. The molecule has 0 radical (unpaired) electrons. The van der Waals surface area contributed by atoms with Gasteiger partial charge in [-0.05, 0) is 48.2 Å². The molecular weight excluding hydrogens is 387 g/mol. The van der Waals surface area contributed by atoms with Gasteiger partial charge in [-0.3, -0.25) is 9.80 Å². The van der Waals surface area contributed by atoms with Crippen molar-refractivity contribution in [3.63, 3.8) is 0 Å². The molecule has 8 heteroatoms. The first-order chi connectivity index (χ1) is 14.7. The van der Waals surface area contributed by atoms with Gasteiger partial charge in [-0.15, -0.1) is 0 Å². The van der Waals surface area contributed by atoms with Crippen molar-refractivity contribution in [2.75, 3.05) is 24.8 Å². The van der Waals surface area contributed by atoms with E-state index in [1.54, 1.807) is 11.1 Å². The van der Waals surface area contributed by atoms with Crippen molar-refractivity contribution in [1.29, 1.82) is 0 Å². The summed E-state index contributed by atoms with van der Waals surface area (Å²) in [6, 6.07) is 9.36. The Morgan fingerprint density at radius 1 is 1.27 bits per heavy atom. The molecule has 0 saturated carbocycles. The number of rotatable bonds is 6. The Bertz CT molecular complexity index is 973. The third-order valence-corrected chi connectivity index (χ3v) is 5.60. The zero-order chi connectivity index (χ0) is 20.5. The van der Waals surface area contributed by atoms with Crippen LogP contribution in [0.15, 0.2) is 48.6 Å². The molecule has 0 spiro atoms. The number of hydrogen-bond donors (Lipinski definition) is 1. The number of amides is 1. The quantitative estimate of drug-likeness (QED) is 0.739. The average Bonchev–Trinajstić information content (AvgIpc) is 3.49. The molecule has 2 aromatic rings. The maximum atomic E-state index is 13.8. The number of anilines is 1. The van der Waals surface area contributed by atoms with Crippen LogP contribution in [-0.4, -0.2) is 41.7 Å². The Morgan fingerprint density at radius 2 is 2.13 bits per heavy atom. The number of nitrogens with zero attached hydrogens (tertiary/aromatic N) is 3. The Kier molecular flexibility index (Phi) is 5.10. The van der Waals surface area contributed by atoms with Crippen LogP contribution in [0.4, 0.5) is 10.1 Å². The Morgan fingerprint density at radius 3 is 2.87 bits per heavy atom. The number of benzene rings is 1. The number of halogens is 1. The molecule has 1 atom stereocenters. The first-order valence-corrected chi connectivity index (χ1v) is 10.2. The highest BCUT2D eigenvalue weighted by molar-refractivity contribution is 6.00. The lowest BCUT2D eigenvalue weighted by Crippen LogP contribution is -2.30. The minimum absolute atomic E-state index is 0.0681. The highest BCUT2D eigenvalue weighted by atomic mass is 19.1. The van der Waals surface area contributed by atoms with E-state index in [-0.39, 0.29) is 18.0 Å². The van der Waals surface area contributed by atoms with Gasteiger partial charge in [0.15, 0.2) is 0 Å². The number of ether oxygens (including phenoxy) is 2. The molecule has 0 bridgehead atoms. The highest BCUT2D eigenvalue weighted by Gasteiger charge is 2.32. The molecule has 156 valence electrons. The molecule has 1 fully saturated rings. The second-order valence-corrected chi connectivity index (χ2v) is 7.65. The van der Waals surface area contributed by atoms with Crippen LogP contribution < -0.4 is 15.2 Å². The molecule has 0 aliphatic carbocycles. The fourth-order valence-electron chi connectivity index (χ4n) is 4.03. The molecule has 1 amide bonds. The van der Waals surface area contributed by atoms with E-state index in [0.29, 0.717) is 37.7 Å². The lowest BCUT2D eigenvalue weighted by atomic mass is 10.2. The number of fused-ring (bicyclic) bond motifs is 1. The number of carbonyl (C=O) groups excluding carboxylic acids is 1. The summed E-state index contributed by atoms with van der Waals surface area (Å²) >= 11 is 0. The summed E-state index contributed by atoms with van der Waals surface area (Å²) in [5.41, 5.74) is 6.09. The smallest absolute Gasteiger partial charge is 0.260 e. The largest absolute Gasteiger partial charge is 0.474 e. The van der Waals surface area contributed by atoms with E-state index in [9.17, 15) is 9.18 Å². The lowest BCUT2D eigenvalue weighted by molar-refractivity contribution is 0.0643. The Hall–Kier alpha value is -2.97. The summed E-state index contributed by atoms with van der Waals surface area (Å²) in [6.07, 6.45) is 5.24. The molecule has 3 aliphatic heterocycles. The molecule has 1 aromatic carbocycles. The SMILES string of the molecule is O=C1c2c(ccnc2OCC2CCCO2)CN1Cc1ccc(N2NCC=C2F)cc1. The van der Waals surface area contributed by atoms with Crippen LogP contribution in [0.3, 0.4) is 0 Å².